The van der Waals surface area contributed by atoms with Gasteiger partial charge in [-0.3, -0.25) is 9.78 Å². The van der Waals surface area contributed by atoms with Crippen LogP contribution in [-0.4, -0.2) is 49.1 Å². The van der Waals surface area contributed by atoms with Crippen LogP contribution in [0.5, 0.6) is 5.75 Å². The Kier molecular flexibility index (Phi) is 4.58. The number of carbonyl (C=O) groups excluding carboxylic acids is 1. The summed E-state index contributed by atoms with van der Waals surface area (Å²) in [4.78, 5) is 30.6. The molecular formula is C20H21N3O4. The molecule has 0 saturated carbocycles. The van der Waals surface area contributed by atoms with Crippen LogP contribution in [0, 0.1) is 0 Å². The summed E-state index contributed by atoms with van der Waals surface area (Å²) >= 11 is 0. The molecule has 2 heterocycles. The molecule has 0 atom stereocenters. The smallest absolute Gasteiger partial charge is 0.417 e. The highest BCUT2D eigenvalue weighted by Gasteiger charge is 2.21. The van der Waals surface area contributed by atoms with E-state index in [0.717, 1.165) is 30.1 Å². The number of ether oxygens (including phenoxy) is 1. The summed E-state index contributed by atoms with van der Waals surface area (Å²) in [7, 11) is 1.63. The fourth-order valence-corrected chi connectivity index (χ4v) is 3.37. The fraction of sp³-hybridized carbons (Fsp3) is 0.300. The van der Waals surface area contributed by atoms with Crippen molar-refractivity contribution in [2.24, 2.45) is 0 Å². The molecular weight excluding hydrogens is 346 g/mol. The summed E-state index contributed by atoms with van der Waals surface area (Å²) < 4.78 is 10.3. The molecule has 0 unspecified atom stereocenters. The number of anilines is 1. The number of hydrogen-bond acceptors (Lipinski definition) is 5. The predicted molar refractivity (Wildman–Crippen MR) is 102 cm³/mol. The van der Waals surface area contributed by atoms with E-state index >= 15 is 0 Å². The monoisotopic (exact) mass is 367 g/mol. The van der Waals surface area contributed by atoms with Crippen LogP contribution in [0.25, 0.3) is 11.1 Å². The maximum absolute atomic E-state index is 12.6. The zero-order valence-corrected chi connectivity index (χ0v) is 15.1. The maximum atomic E-state index is 12.6. The van der Waals surface area contributed by atoms with Gasteiger partial charge >= 0.3 is 5.76 Å². The number of H-pyrrole nitrogens is 1. The predicted octanol–water partition coefficient (Wildman–Crippen LogP) is 2.02. The minimum Gasteiger partial charge on any atom is -0.497 e. The third-order valence-corrected chi connectivity index (χ3v) is 4.92. The molecule has 140 valence electrons. The Hall–Kier alpha value is -3.22. The third-order valence-electron chi connectivity index (χ3n) is 4.92. The van der Waals surface area contributed by atoms with Crippen LogP contribution in [0.3, 0.4) is 0 Å². The molecule has 0 radical (unpaired) electrons. The van der Waals surface area contributed by atoms with E-state index < -0.39 is 5.76 Å². The number of rotatable bonds is 4. The second kappa shape index (κ2) is 7.19. The molecule has 0 bridgehead atoms. The second-order valence-corrected chi connectivity index (χ2v) is 6.59. The molecule has 1 aliphatic heterocycles. The van der Waals surface area contributed by atoms with Gasteiger partial charge in [-0.05, 0) is 29.8 Å². The molecule has 3 aromatic rings. The van der Waals surface area contributed by atoms with E-state index in [0.29, 0.717) is 30.6 Å². The van der Waals surface area contributed by atoms with E-state index in [2.05, 4.69) is 9.88 Å². The normalized spacial score (nSPS) is 14.6. The quantitative estimate of drug-likeness (QED) is 0.763. The molecule has 0 aliphatic carbocycles. The van der Waals surface area contributed by atoms with Crippen LogP contribution in [0.1, 0.15) is 5.56 Å². The number of amides is 1. The van der Waals surface area contributed by atoms with Gasteiger partial charge in [0.25, 0.3) is 0 Å². The number of nitrogens with zero attached hydrogens (tertiary/aromatic N) is 2. The van der Waals surface area contributed by atoms with Crippen molar-refractivity contribution in [1.82, 2.24) is 9.88 Å². The van der Waals surface area contributed by atoms with Crippen molar-refractivity contribution in [3.8, 4) is 5.75 Å². The lowest BCUT2D eigenvalue weighted by Crippen LogP contribution is -2.49. The SMILES string of the molecule is COc1ccc(CC(=O)N2CCN(c3ccc4[nH]c(=O)oc4c3)CC2)cc1. The van der Waals surface area contributed by atoms with Gasteiger partial charge in [-0.1, -0.05) is 12.1 Å². The summed E-state index contributed by atoms with van der Waals surface area (Å²) in [6.45, 7) is 2.83. The van der Waals surface area contributed by atoms with E-state index in [4.69, 9.17) is 9.15 Å². The van der Waals surface area contributed by atoms with Crippen LogP contribution in [0.2, 0.25) is 0 Å². The Labute approximate surface area is 156 Å². The molecule has 2 aromatic carbocycles. The van der Waals surface area contributed by atoms with E-state index in [-0.39, 0.29) is 5.91 Å². The summed E-state index contributed by atoms with van der Waals surface area (Å²) in [6.07, 6.45) is 0.393. The van der Waals surface area contributed by atoms with Crippen molar-refractivity contribution < 1.29 is 13.9 Å². The molecule has 4 rings (SSSR count). The third kappa shape index (κ3) is 3.67. The van der Waals surface area contributed by atoms with E-state index in [1.165, 1.54) is 0 Å². The van der Waals surface area contributed by atoms with Crippen molar-refractivity contribution >= 4 is 22.7 Å². The molecule has 1 fully saturated rings. The van der Waals surface area contributed by atoms with Crippen molar-refractivity contribution in [3.63, 3.8) is 0 Å². The molecule has 1 saturated heterocycles. The number of benzene rings is 2. The van der Waals surface area contributed by atoms with Gasteiger partial charge in [0.1, 0.15) is 5.75 Å². The number of oxazole rings is 1. The van der Waals surface area contributed by atoms with Crippen LogP contribution in [-0.2, 0) is 11.2 Å². The molecule has 1 amide bonds. The first-order chi connectivity index (χ1) is 13.1. The van der Waals surface area contributed by atoms with Gasteiger partial charge in [-0.15, -0.1) is 0 Å². The Morgan fingerprint density at radius 3 is 2.56 bits per heavy atom. The van der Waals surface area contributed by atoms with Crippen molar-refractivity contribution in [2.75, 3.05) is 38.2 Å². The lowest BCUT2D eigenvalue weighted by atomic mass is 10.1. The average molecular weight is 367 g/mol. The standard InChI is InChI=1S/C20H21N3O4/c1-26-16-5-2-14(3-6-16)12-19(24)23-10-8-22(9-11-23)15-4-7-17-18(13-15)27-20(25)21-17/h2-7,13H,8-12H2,1H3,(H,21,25). The van der Waals surface area contributed by atoms with E-state index in [9.17, 15) is 9.59 Å². The minimum atomic E-state index is -0.448. The fourth-order valence-electron chi connectivity index (χ4n) is 3.37. The molecule has 1 N–H and O–H groups in total. The number of hydrogen-bond donors (Lipinski definition) is 1. The molecule has 7 nitrogen and oxygen atoms in total. The molecule has 1 aromatic heterocycles. The number of nitrogens with one attached hydrogen (secondary N) is 1. The highest BCUT2D eigenvalue weighted by atomic mass is 16.5. The van der Waals surface area contributed by atoms with Crippen molar-refractivity contribution in [2.45, 2.75) is 6.42 Å². The van der Waals surface area contributed by atoms with E-state index in [1.54, 1.807) is 7.11 Å². The highest BCUT2D eigenvalue weighted by Crippen LogP contribution is 2.22. The first kappa shape index (κ1) is 17.2. The Morgan fingerprint density at radius 2 is 1.85 bits per heavy atom. The van der Waals surface area contributed by atoms with Gasteiger partial charge in [-0.2, -0.15) is 0 Å². The lowest BCUT2D eigenvalue weighted by molar-refractivity contribution is -0.130. The second-order valence-electron chi connectivity index (χ2n) is 6.59. The number of aromatic nitrogens is 1. The summed E-state index contributed by atoms with van der Waals surface area (Å²) in [5.41, 5.74) is 3.22. The van der Waals surface area contributed by atoms with Crippen LogP contribution in [0.4, 0.5) is 5.69 Å². The molecule has 1 aliphatic rings. The van der Waals surface area contributed by atoms with Crippen molar-refractivity contribution in [3.05, 3.63) is 58.6 Å². The number of fused-ring (bicyclic) bond motifs is 1. The Morgan fingerprint density at radius 1 is 1.11 bits per heavy atom. The zero-order chi connectivity index (χ0) is 18.8. The molecule has 7 heteroatoms. The van der Waals surface area contributed by atoms with Crippen LogP contribution in [0.15, 0.2) is 51.7 Å². The molecule has 0 spiro atoms. The average Bonchev–Trinajstić information content (AvgIpc) is 3.08. The molecule has 27 heavy (non-hydrogen) atoms. The van der Waals surface area contributed by atoms with Crippen LogP contribution >= 0.6 is 0 Å². The zero-order valence-electron chi connectivity index (χ0n) is 15.1. The summed E-state index contributed by atoms with van der Waals surface area (Å²) in [6, 6.07) is 13.3. The number of carbonyl (C=O) groups is 1. The number of methoxy groups -OCH3 is 1. The first-order valence-electron chi connectivity index (χ1n) is 8.91. The van der Waals surface area contributed by atoms with Gasteiger partial charge in [0, 0.05) is 37.9 Å². The van der Waals surface area contributed by atoms with Gasteiger partial charge in [-0.25, -0.2) is 4.79 Å². The van der Waals surface area contributed by atoms with Gasteiger partial charge in [0.15, 0.2) is 5.58 Å². The van der Waals surface area contributed by atoms with Crippen molar-refractivity contribution in [1.29, 1.82) is 0 Å². The van der Waals surface area contributed by atoms with Gasteiger partial charge in [0.2, 0.25) is 5.91 Å². The van der Waals surface area contributed by atoms with Crippen LogP contribution < -0.4 is 15.4 Å². The summed E-state index contributed by atoms with van der Waals surface area (Å²) in [5.74, 6) is 0.470. The van der Waals surface area contributed by atoms with Gasteiger partial charge < -0.3 is 19.0 Å². The Bertz CT molecular complexity index is 998. The minimum absolute atomic E-state index is 0.131. The van der Waals surface area contributed by atoms with E-state index in [1.807, 2.05) is 47.4 Å². The lowest BCUT2D eigenvalue weighted by Gasteiger charge is -2.36. The maximum Gasteiger partial charge on any atom is 0.417 e. The van der Waals surface area contributed by atoms with Gasteiger partial charge in [0.05, 0.1) is 19.0 Å². The number of aromatic amines is 1. The Balaban J connectivity index is 1.37. The highest BCUT2D eigenvalue weighted by molar-refractivity contribution is 5.80. The summed E-state index contributed by atoms with van der Waals surface area (Å²) in [5, 5.41) is 0. The number of piperazine rings is 1. The first-order valence-corrected chi connectivity index (χ1v) is 8.91. The largest absolute Gasteiger partial charge is 0.497 e. The topological polar surface area (TPSA) is 78.8 Å².